The van der Waals surface area contributed by atoms with E-state index in [0.717, 1.165) is 24.1 Å². The Bertz CT molecular complexity index is 433. The third-order valence-corrected chi connectivity index (χ3v) is 3.56. The lowest BCUT2D eigenvalue weighted by Gasteiger charge is -2.23. The zero-order valence-corrected chi connectivity index (χ0v) is 13.3. The number of amides is 1. The number of nitrogens with zero attached hydrogens (tertiary/aromatic N) is 1. The Kier molecular flexibility index (Phi) is 6.31. The zero-order chi connectivity index (χ0) is 14.4. The summed E-state index contributed by atoms with van der Waals surface area (Å²) in [5, 5.41) is 2.98. The second kappa shape index (κ2) is 7.50. The molecule has 106 valence electrons. The van der Waals surface area contributed by atoms with Crippen LogP contribution in [-0.2, 0) is 0 Å². The van der Waals surface area contributed by atoms with Crippen LogP contribution in [0.3, 0.4) is 0 Å². The molecule has 1 amide bonds. The number of rotatable bonds is 6. The van der Waals surface area contributed by atoms with E-state index in [1.807, 2.05) is 13.0 Å². The number of nitrogen functional groups attached to an aromatic ring is 1. The van der Waals surface area contributed by atoms with Crippen LogP contribution in [0.15, 0.2) is 22.7 Å². The third kappa shape index (κ3) is 4.84. The van der Waals surface area contributed by atoms with Crippen molar-refractivity contribution < 1.29 is 4.79 Å². The van der Waals surface area contributed by atoms with Gasteiger partial charge in [-0.3, -0.25) is 4.79 Å². The fraction of sp³-hybridized carbons (Fsp3) is 0.500. The Morgan fingerprint density at radius 1 is 1.42 bits per heavy atom. The van der Waals surface area contributed by atoms with E-state index in [4.69, 9.17) is 5.73 Å². The van der Waals surface area contributed by atoms with Gasteiger partial charge in [0.05, 0.1) is 5.56 Å². The van der Waals surface area contributed by atoms with Crippen molar-refractivity contribution in [1.82, 2.24) is 10.2 Å². The van der Waals surface area contributed by atoms with Gasteiger partial charge in [-0.15, -0.1) is 0 Å². The van der Waals surface area contributed by atoms with Crippen molar-refractivity contribution in [3.8, 4) is 0 Å². The first-order valence-corrected chi connectivity index (χ1v) is 7.35. The van der Waals surface area contributed by atoms with Crippen LogP contribution < -0.4 is 11.1 Å². The molecule has 0 radical (unpaired) electrons. The maximum atomic E-state index is 12.1. The third-order valence-electron chi connectivity index (χ3n) is 3.06. The second-order valence-corrected chi connectivity index (χ2v) is 5.51. The number of halogens is 1. The first-order chi connectivity index (χ1) is 8.97. The second-order valence-electron chi connectivity index (χ2n) is 4.59. The van der Waals surface area contributed by atoms with Crippen LogP contribution >= 0.6 is 15.9 Å². The molecule has 1 unspecified atom stereocenters. The molecule has 1 rings (SSSR count). The number of anilines is 1. The molecular formula is C14H22BrN3O. The molecule has 0 aromatic heterocycles. The molecule has 0 aliphatic rings. The van der Waals surface area contributed by atoms with E-state index in [1.54, 1.807) is 12.1 Å². The van der Waals surface area contributed by atoms with Gasteiger partial charge in [0.1, 0.15) is 0 Å². The van der Waals surface area contributed by atoms with Gasteiger partial charge in [0.2, 0.25) is 0 Å². The summed E-state index contributed by atoms with van der Waals surface area (Å²) in [5.74, 6) is -0.121. The molecule has 0 heterocycles. The van der Waals surface area contributed by atoms with E-state index in [9.17, 15) is 4.79 Å². The summed E-state index contributed by atoms with van der Waals surface area (Å²) in [6, 6.07) is 5.39. The van der Waals surface area contributed by atoms with E-state index in [2.05, 4.69) is 40.0 Å². The Morgan fingerprint density at radius 3 is 2.58 bits per heavy atom. The van der Waals surface area contributed by atoms with E-state index in [0.29, 0.717) is 11.3 Å². The Morgan fingerprint density at radius 2 is 2.05 bits per heavy atom. The van der Waals surface area contributed by atoms with E-state index in [1.165, 1.54) is 0 Å². The maximum Gasteiger partial charge on any atom is 0.253 e. The summed E-state index contributed by atoms with van der Waals surface area (Å²) in [6.45, 7) is 9.05. The molecule has 19 heavy (non-hydrogen) atoms. The van der Waals surface area contributed by atoms with Gasteiger partial charge in [0.15, 0.2) is 0 Å². The molecular weight excluding hydrogens is 306 g/mol. The van der Waals surface area contributed by atoms with Gasteiger partial charge < -0.3 is 16.0 Å². The minimum Gasteiger partial charge on any atom is -0.398 e. The van der Waals surface area contributed by atoms with Gasteiger partial charge >= 0.3 is 0 Å². The smallest absolute Gasteiger partial charge is 0.253 e. The van der Waals surface area contributed by atoms with Crippen LogP contribution in [0.5, 0.6) is 0 Å². The highest BCUT2D eigenvalue weighted by atomic mass is 79.9. The van der Waals surface area contributed by atoms with Gasteiger partial charge in [-0.25, -0.2) is 0 Å². The van der Waals surface area contributed by atoms with Crippen LogP contribution in [0.2, 0.25) is 0 Å². The highest BCUT2D eigenvalue weighted by Gasteiger charge is 2.14. The van der Waals surface area contributed by atoms with Crippen LogP contribution in [0.1, 0.15) is 31.1 Å². The van der Waals surface area contributed by atoms with E-state index >= 15 is 0 Å². The molecule has 1 aromatic rings. The molecule has 5 heteroatoms. The van der Waals surface area contributed by atoms with Gasteiger partial charge in [-0.2, -0.15) is 0 Å². The molecule has 1 aromatic carbocycles. The molecule has 0 bridgehead atoms. The lowest BCUT2D eigenvalue weighted by Crippen LogP contribution is -2.42. The van der Waals surface area contributed by atoms with Crippen LogP contribution in [0.25, 0.3) is 0 Å². The van der Waals surface area contributed by atoms with Gasteiger partial charge in [-0.05, 0) is 38.2 Å². The van der Waals surface area contributed by atoms with Crippen LogP contribution in [0, 0.1) is 0 Å². The minimum absolute atomic E-state index is 0.0930. The Balaban J connectivity index is 2.63. The topological polar surface area (TPSA) is 58.4 Å². The summed E-state index contributed by atoms with van der Waals surface area (Å²) >= 11 is 3.33. The average molecular weight is 328 g/mol. The zero-order valence-electron chi connectivity index (χ0n) is 11.7. The molecule has 0 saturated carbocycles. The monoisotopic (exact) mass is 327 g/mol. The van der Waals surface area contributed by atoms with Crippen LogP contribution in [0.4, 0.5) is 5.69 Å². The molecule has 0 aliphatic heterocycles. The van der Waals surface area contributed by atoms with Gasteiger partial charge in [-0.1, -0.05) is 29.8 Å². The van der Waals surface area contributed by atoms with Crippen molar-refractivity contribution in [3.63, 3.8) is 0 Å². The van der Waals surface area contributed by atoms with Crippen molar-refractivity contribution in [2.45, 2.75) is 26.8 Å². The highest BCUT2D eigenvalue weighted by Crippen LogP contribution is 2.18. The highest BCUT2D eigenvalue weighted by molar-refractivity contribution is 9.10. The average Bonchev–Trinajstić information content (AvgIpc) is 2.35. The van der Waals surface area contributed by atoms with Crippen LogP contribution in [-0.4, -0.2) is 36.5 Å². The molecule has 4 nitrogen and oxygen atoms in total. The predicted molar refractivity (Wildman–Crippen MR) is 83.3 cm³/mol. The van der Waals surface area contributed by atoms with Crippen molar-refractivity contribution in [3.05, 3.63) is 28.2 Å². The SMILES string of the molecule is CCN(CC)CC(C)NC(=O)c1ccc(Br)cc1N. The number of likely N-dealkylation sites (N-methyl/N-ethyl adjacent to an activating group) is 1. The molecule has 1 atom stereocenters. The number of carbonyl (C=O) groups excluding carboxylic acids is 1. The van der Waals surface area contributed by atoms with Crippen molar-refractivity contribution in [2.24, 2.45) is 0 Å². The number of carbonyl (C=O) groups is 1. The summed E-state index contributed by atoms with van der Waals surface area (Å²) in [7, 11) is 0. The normalized spacial score (nSPS) is 12.5. The summed E-state index contributed by atoms with van der Waals surface area (Å²) < 4.78 is 0.873. The van der Waals surface area contributed by atoms with Gasteiger partial charge in [0, 0.05) is 22.7 Å². The lowest BCUT2D eigenvalue weighted by molar-refractivity contribution is 0.0931. The first kappa shape index (κ1) is 16.0. The Hall–Kier alpha value is -1.07. The summed E-state index contributed by atoms with van der Waals surface area (Å²) in [5.41, 5.74) is 6.86. The van der Waals surface area contributed by atoms with E-state index in [-0.39, 0.29) is 11.9 Å². The molecule has 0 aliphatic carbocycles. The number of hydrogen-bond acceptors (Lipinski definition) is 3. The standard InChI is InChI=1S/C14H22BrN3O/c1-4-18(5-2)9-10(3)17-14(19)12-7-6-11(15)8-13(12)16/h6-8,10H,4-5,9,16H2,1-3H3,(H,17,19). The maximum absolute atomic E-state index is 12.1. The molecule has 0 fully saturated rings. The molecule has 0 spiro atoms. The largest absolute Gasteiger partial charge is 0.398 e. The number of hydrogen-bond donors (Lipinski definition) is 2. The molecule has 3 N–H and O–H groups in total. The number of nitrogens with two attached hydrogens (primary N) is 1. The number of benzene rings is 1. The van der Waals surface area contributed by atoms with Crippen molar-refractivity contribution in [1.29, 1.82) is 0 Å². The first-order valence-electron chi connectivity index (χ1n) is 6.56. The van der Waals surface area contributed by atoms with Crippen molar-refractivity contribution >= 4 is 27.5 Å². The number of nitrogens with one attached hydrogen (secondary N) is 1. The minimum atomic E-state index is -0.121. The quantitative estimate of drug-likeness (QED) is 0.789. The lowest BCUT2D eigenvalue weighted by atomic mass is 10.1. The fourth-order valence-electron chi connectivity index (χ4n) is 1.96. The van der Waals surface area contributed by atoms with Crippen molar-refractivity contribution in [2.75, 3.05) is 25.4 Å². The fourth-order valence-corrected chi connectivity index (χ4v) is 2.34. The predicted octanol–water partition coefficient (Wildman–Crippen LogP) is 2.49. The molecule has 0 saturated heterocycles. The van der Waals surface area contributed by atoms with Gasteiger partial charge in [0.25, 0.3) is 5.91 Å². The Labute approximate surface area is 123 Å². The summed E-state index contributed by atoms with van der Waals surface area (Å²) in [6.07, 6.45) is 0. The summed E-state index contributed by atoms with van der Waals surface area (Å²) in [4.78, 5) is 14.4. The van der Waals surface area contributed by atoms with E-state index < -0.39 is 0 Å².